The van der Waals surface area contributed by atoms with Gasteiger partial charge < -0.3 is 16.5 Å². The summed E-state index contributed by atoms with van der Waals surface area (Å²) < 4.78 is 0. The van der Waals surface area contributed by atoms with Crippen LogP contribution >= 0.6 is 0 Å². The van der Waals surface area contributed by atoms with E-state index >= 15 is 0 Å². The molecule has 1 saturated heterocycles. The van der Waals surface area contributed by atoms with Crippen LogP contribution < -0.4 is 11.1 Å². The lowest BCUT2D eigenvalue weighted by Crippen LogP contribution is -2.39. The van der Waals surface area contributed by atoms with Crippen molar-refractivity contribution in [1.29, 1.82) is 5.41 Å². The second-order valence-electron chi connectivity index (χ2n) is 5.00. The molecule has 102 valence electrons. The molecule has 1 aromatic carbocycles. The average Bonchev–Trinajstić information content (AvgIpc) is 2.43. The zero-order valence-electron chi connectivity index (χ0n) is 11.2. The number of benzene rings is 1. The smallest absolute Gasteiger partial charge is 0.0404 e. The molecule has 0 aliphatic carbocycles. The zero-order valence-corrected chi connectivity index (χ0v) is 11.2. The summed E-state index contributed by atoms with van der Waals surface area (Å²) in [6.07, 6.45) is 5.54. The van der Waals surface area contributed by atoms with Crippen LogP contribution in [0, 0.1) is 5.41 Å². The van der Waals surface area contributed by atoms with Gasteiger partial charge in [0.05, 0.1) is 0 Å². The van der Waals surface area contributed by atoms with Crippen LogP contribution in [-0.2, 0) is 0 Å². The Bertz CT molecular complexity index is 447. The fourth-order valence-corrected chi connectivity index (χ4v) is 2.47. The average molecular weight is 258 g/mol. The number of hydrogen-bond acceptors (Lipinski definition) is 4. The lowest BCUT2D eigenvalue weighted by molar-refractivity contribution is 0.240. The number of nitrogens with two attached hydrogens (primary N) is 1. The van der Waals surface area contributed by atoms with Gasteiger partial charge in [0.1, 0.15) is 0 Å². The Kier molecular flexibility index (Phi) is 4.58. The molecule has 0 unspecified atom stereocenters. The number of rotatable bonds is 5. The van der Waals surface area contributed by atoms with Gasteiger partial charge in [0.2, 0.25) is 0 Å². The Morgan fingerprint density at radius 3 is 2.79 bits per heavy atom. The minimum absolute atomic E-state index is 0.503. The number of nitrogen functional groups attached to an aromatic ring is 1. The quantitative estimate of drug-likeness (QED) is 0.431. The Hall–Kier alpha value is -1.81. The molecule has 0 aromatic heterocycles. The third kappa shape index (κ3) is 3.58. The molecule has 1 aromatic rings. The van der Waals surface area contributed by atoms with Gasteiger partial charge in [0.15, 0.2) is 0 Å². The van der Waals surface area contributed by atoms with Crippen molar-refractivity contribution in [2.75, 3.05) is 30.7 Å². The lowest BCUT2D eigenvalue weighted by atomic mass is 10.0. The number of anilines is 2. The minimum Gasteiger partial charge on any atom is -0.398 e. The number of piperidine rings is 1. The van der Waals surface area contributed by atoms with Crippen LogP contribution in [0.2, 0.25) is 0 Å². The van der Waals surface area contributed by atoms with E-state index in [1.807, 2.05) is 24.3 Å². The predicted molar refractivity (Wildman–Crippen MR) is 82.0 cm³/mol. The van der Waals surface area contributed by atoms with Crippen LogP contribution in [0.25, 0.3) is 0 Å². The third-order valence-electron chi connectivity index (χ3n) is 3.59. The molecule has 4 nitrogen and oxygen atoms in total. The molecule has 4 N–H and O–H groups in total. The van der Waals surface area contributed by atoms with Gasteiger partial charge >= 0.3 is 0 Å². The van der Waals surface area contributed by atoms with E-state index < -0.39 is 0 Å². The predicted octanol–water partition coefficient (Wildman–Crippen LogP) is 2.33. The summed E-state index contributed by atoms with van der Waals surface area (Å²) in [7, 11) is 0. The van der Waals surface area contributed by atoms with Gasteiger partial charge in [-0.25, -0.2) is 0 Å². The van der Waals surface area contributed by atoms with Gasteiger partial charge in [0.25, 0.3) is 0 Å². The van der Waals surface area contributed by atoms with Crippen molar-refractivity contribution < 1.29 is 0 Å². The first-order valence-corrected chi connectivity index (χ1v) is 6.72. The molecular formula is C15H22N4. The van der Waals surface area contributed by atoms with Gasteiger partial charge in [-0.2, -0.15) is 0 Å². The van der Waals surface area contributed by atoms with Crippen molar-refractivity contribution in [3.63, 3.8) is 0 Å². The maximum Gasteiger partial charge on any atom is 0.0404 e. The normalized spacial score (nSPS) is 17.1. The molecule has 0 spiro atoms. The van der Waals surface area contributed by atoms with E-state index in [9.17, 15) is 0 Å². The molecule has 2 rings (SSSR count). The fourth-order valence-electron chi connectivity index (χ4n) is 2.47. The summed E-state index contributed by atoms with van der Waals surface area (Å²) in [4.78, 5) is 2.41. The van der Waals surface area contributed by atoms with Crippen LogP contribution in [0.3, 0.4) is 0 Å². The summed E-state index contributed by atoms with van der Waals surface area (Å²) >= 11 is 0. The molecular weight excluding hydrogens is 236 g/mol. The van der Waals surface area contributed by atoms with Crippen molar-refractivity contribution in [1.82, 2.24) is 4.90 Å². The zero-order chi connectivity index (χ0) is 13.7. The number of nitrogens with one attached hydrogen (secondary N) is 2. The number of likely N-dealkylation sites (tertiary alicyclic amines) is 1. The Labute approximate surface area is 114 Å². The molecule has 0 atom stereocenters. The lowest BCUT2D eigenvalue weighted by Gasteiger charge is -2.32. The standard InChI is InChI=1S/C15H22N4/c1-2-7-19-8-5-13(6-9-19)18-14-3-4-15(17)12(10-14)11-16/h2-4,10-11,13,16,18H,1,5-9,17H2. The van der Waals surface area contributed by atoms with E-state index in [4.69, 9.17) is 11.1 Å². The maximum atomic E-state index is 7.32. The highest BCUT2D eigenvalue weighted by Gasteiger charge is 2.18. The topological polar surface area (TPSA) is 65.1 Å². The molecule has 1 fully saturated rings. The molecule has 0 radical (unpaired) electrons. The first-order chi connectivity index (χ1) is 9.22. The summed E-state index contributed by atoms with van der Waals surface area (Å²) in [6, 6.07) is 6.29. The van der Waals surface area contributed by atoms with Crippen molar-refractivity contribution in [2.24, 2.45) is 0 Å². The van der Waals surface area contributed by atoms with Crippen LogP contribution in [0.4, 0.5) is 11.4 Å². The highest BCUT2D eigenvalue weighted by Crippen LogP contribution is 2.20. The summed E-state index contributed by atoms with van der Waals surface area (Å²) in [5.41, 5.74) is 8.27. The Balaban J connectivity index is 1.92. The van der Waals surface area contributed by atoms with Gasteiger partial charge in [-0.3, -0.25) is 4.90 Å². The van der Waals surface area contributed by atoms with Crippen LogP contribution in [0.15, 0.2) is 30.9 Å². The maximum absolute atomic E-state index is 7.32. The number of nitrogens with zero attached hydrogens (tertiary/aromatic N) is 1. The fraction of sp³-hybridized carbons (Fsp3) is 0.400. The molecule has 1 aliphatic heterocycles. The third-order valence-corrected chi connectivity index (χ3v) is 3.59. The van der Waals surface area contributed by atoms with Gasteiger partial charge in [-0.05, 0) is 31.0 Å². The molecule has 0 saturated carbocycles. The van der Waals surface area contributed by atoms with E-state index in [1.54, 1.807) is 0 Å². The Morgan fingerprint density at radius 2 is 2.16 bits per heavy atom. The molecule has 0 amide bonds. The van der Waals surface area contributed by atoms with E-state index in [0.29, 0.717) is 11.7 Å². The highest BCUT2D eigenvalue weighted by atomic mass is 15.1. The Morgan fingerprint density at radius 1 is 1.42 bits per heavy atom. The largest absolute Gasteiger partial charge is 0.398 e. The van der Waals surface area contributed by atoms with Crippen molar-refractivity contribution >= 4 is 17.6 Å². The second-order valence-corrected chi connectivity index (χ2v) is 5.00. The van der Waals surface area contributed by atoms with Crippen molar-refractivity contribution in [2.45, 2.75) is 18.9 Å². The van der Waals surface area contributed by atoms with Crippen LogP contribution in [-0.4, -0.2) is 36.8 Å². The van der Waals surface area contributed by atoms with Gasteiger partial charge in [-0.15, -0.1) is 6.58 Å². The van der Waals surface area contributed by atoms with Crippen molar-refractivity contribution in [3.05, 3.63) is 36.4 Å². The van der Waals surface area contributed by atoms with E-state index in [2.05, 4.69) is 16.8 Å². The van der Waals surface area contributed by atoms with Gasteiger partial charge in [-0.1, -0.05) is 6.08 Å². The summed E-state index contributed by atoms with van der Waals surface area (Å²) in [6.45, 7) is 6.97. The van der Waals surface area contributed by atoms with Crippen LogP contribution in [0.5, 0.6) is 0 Å². The second kappa shape index (κ2) is 6.38. The van der Waals surface area contributed by atoms with E-state index in [0.717, 1.165) is 43.7 Å². The van der Waals surface area contributed by atoms with Crippen LogP contribution in [0.1, 0.15) is 18.4 Å². The summed E-state index contributed by atoms with van der Waals surface area (Å²) in [5.74, 6) is 0. The SMILES string of the molecule is C=CCN1CCC(Nc2ccc(N)c(C=N)c2)CC1. The molecule has 1 heterocycles. The molecule has 4 heteroatoms. The van der Waals surface area contributed by atoms with E-state index in [1.165, 1.54) is 6.21 Å². The summed E-state index contributed by atoms with van der Waals surface area (Å²) in [5, 5.41) is 10.9. The van der Waals surface area contributed by atoms with Crippen molar-refractivity contribution in [3.8, 4) is 0 Å². The number of hydrogen-bond donors (Lipinski definition) is 3. The first-order valence-electron chi connectivity index (χ1n) is 6.72. The minimum atomic E-state index is 0.503. The first kappa shape index (κ1) is 13.6. The molecule has 19 heavy (non-hydrogen) atoms. The molecule has 1 aliphatic rings. The van der Waals surface area contributed by atoms with E-state index in [-0.39, 0.29) is 0 Å². The monoisotopic (exact) mass is 258 g/mol. The highest BCUT2D eigenvalue weighted by molar-refractivity contribution is 5.86. The molecule has 0 bridgehead atoms. The van der Waals surface area contributed by atoms with Gasteiger partial charge in [0, 0.05) is 48.8 Å².